The van der Waals surface area contributed by atoms with Gasteiger partial charge in [-0.25, -0.2) is 9.38 Å². The van der Waals surface area contributed by atoms with E-state index in [9.17, 15) is 4.39 Å². The molecule has 8 heteroatoms. The number of rotatable bonds is 9. The van der Waals surface area contributed by atoms with E-state index >= 15 is 0 Å². The molecule has 0 unspecified atom stereocenters. The minimum absolute atomic E-state index is 0.212. The lowest BCUT2D eigenvalue weighted by atomic mass is 10.1. The molecule has 7 nitrogen and oxygen atoms in total. The maximum atomic E-state index is 13.7. The van der Waals surface area contributed by atoms with Crippen LogP contribution >= 0.6 is 0 Å². The first-order valence-electron chi connectivity index (χ1n) is 9.21. The molecular weight excluding hydrogens is 347 g/mol. The summed E-state index contributed by atoms with van der Waals surface area (Å²) < 4.78 is 21.0. The van der Waals surface area contributed by atoms with Crippen molar-refractivity contribution in [1.82, 2.24) is 25.4 Å². The number of aryl methyl sites for hydroxylation is 2. The van der Waals surface area contributed by atoms with E-state index < -0.39 is 0 Å². The van der Waals surface area contributed by atoms with E-state index in [0.29, 0.717) is 37.8 Å². The molecule has 0 radical (unpaired) electrons. The number of nitrogens with zero attached hydrogens (tertiary/aromatic N) is 4. The van der Waals surface area contributed by atoms with E-state index in [4.69, 9.17) is 4.74 Å². The van der Waals surface area contributed by atoms with Crippen molar-refractivity contribution in [2.24, 2.45) is 12.0 Å². The Morgan fingerprint density at radius 2 is 2.07 bits per heavy atom. The predicted molar refractivity (Wildman–Crippen MR) is 104 cm³/mol. The second kappa shape index (κ2) is 10.6. The third-order valence-electron chi connectivity index (χ3n) is 4.21. The third-order valence-corrected chi connectivity index (χ3v) is 4.21. The van der Waals surface area contributed by atoms with Crippen LogP contribution in [0.25, 0.3) is 0 Å². The molecule has 0 atom stereocenters. The van der Waals surface area contributed by atoms with Crippen LogP contribution in [0.5, 0.6) is 0 Å². The highest BCUT2D eigenvalue weighted by Crippen LogP contribution is 2.10. The summed E-state index contributed by atoms with van der Waals surface area (Å²) in [4.78, 5) is 4.56. The number of guanidine groups is 1. The van der Waals surface area contributed by atoms with Gasteiger partial charge in [-0.05, 0) is 44.4 Å². The Kier molecular flexibility index (Phi) is 8.19. The Morgan fingerprint density at radius 1 is 1.26 bits per heavy atom. The molecule has 0 aliphatic carbocycles. The van der Waals surface area contributed by atoms with Gasteiger partial charge >= 0.3 is 0 Å². The van der Waals surface area contributed by atoms with E-state index in [1.54, 1.807) is 13.0 Å². The van der Waals surface area contributed by atoms with Crippen LogP contribution in [0, 0.1) is 19.7 Å². The van der Waals surface area contributed by atoms with E-state index in [-0.39, 0.29) is 5.82 Å². The van der Waals surface area contributed by atoms with Crippen LogP contribution in [-0.4, -0.2) is 40.5 Å². The molecule has 0 bridgehead atoms. The van der Waals surface area contributed by atoms with Crippen LogP contribution in [0.2, 0.25) is 0 Å². The smallest absolute Gasteiger partial charge is 0.191 e. The fourth-order valence-electron chi connectivity index (χ4n) is 2.37. The van der Waals surface area contributed by atoms with Gasteiger partial charge in [0.2, 0.25) is 0 Å². The highest BCUT2D eigenvalue weighted by atomic mass is 19.1. The number of benzene rings is 1. The minimum atomic E-state index is -0.212. The standard InChI is InChI=1S/C19H29FN6O/c1-5-27-10-6-9-21-19(23-13-18-25-24-15(3)26(18)4)22-12-16-8-7-14(2)17(20)11-16/h7-8,11H,5-6,9-10,12-13H2,1-4H3,(H2,21,22,23). The molecule has 0 spiro atoms. The van der Waals surface area contributed by atoms with Crippen molar-refractivity contribution >= 4 is 5.96 Å². The van der Waals surface area contributed by atoms with Crippen LogP contribution in [0.1, 0.15) is 36.1 Å². The molecular formula is C19H29FN6O. The van der Waals surface area contributed by atoms with Crippen molar-refractivity contribution in [3.8, 4) is 0 Å². The minimum Gasteiger partial charge on any atom is -0.382 e. The van der Waals surface area contributed by atoms with Crippen LogP contribution in [0.15, 0.2) is 23.2 Å². The zero-order chi connectivity index (χ0) is 19.6. The van der Waals surface area contributed by atoms with Gasteiger partial charge in [-0.1, -0.05) is 12.1 Å². The average molecular weight is 376 g/mol. The number of aromatic nitrogens is 3. The number of hydrogen-bond acceptors (Lipinski definition) is 4. The summed E-state index contributed by atoms with van der Waals surface area (Å²) in [6.07, 6.45) is 0.872. The van der Waals surface area contributed by atoms with Crippen molar-refractivity contribution < 1.29 is 9.13 Å². The third kappa shape index (κ3) is 6.63. The topological polar surface area (TPSA) is 76.4 Å². The van der Waals surface area contributed by atoms with E-state index in [2.05, 4.69) is 25.8 Å². The maximum absolute atomic E-state index is 13.7. The molecule has 0 saturated heterocycles. The lowest BCUT2D eigenvalue weighted by Crippen LogP contribution is -2.38. The molecule has 1 aromatic carbocycles. The van der Waals surface area contributed by atoms with Crippen LogP contribution in [0.3, 0.4) is 0 Å². The monoisotopic (exact) mass is 376 g/mol. The normalized spacial score (nSPS) is 11.7. The number of hydrogen-bond donors (Lipinski definition) is 2. The summed E-state index contributed by atoms with van der Waals surface area (Å²) in [5, 5.41) is 14.7. The Hall–Kier alpha value is -2.48. The second-order valence-electron chi connectivity index (χ2n) is 6.30. The maximum Gasteiger partial charge on any atom is 0.191 e. The molecule has 0 saturated carbocycles. The van der Waals surface area contributed by atoms with Gasteiger partial charge in [0.1, 0.15) is 11.6 Å². The Balaban J connectivity index is 1.98. The van der Waals surface area contributed by atoms with Crippen LogP contribution in [-0.2, 0) is 24.9 Å². The fourth-order valence-corrected chi connectivity index (χ4v) is 2.37. The van der Waals surface area contributed by atoms with Gasteiger partial charge in [-0.3, -0.25) is 0 Å². The number of halogens is 1. The quantitative estimate of drug-likeness (QED) is 0.399. The summed E-state index contributed by atoms with van der Waals surface area (Å²) in [5.41, 5.74) is 1.45. The summed E-state index contributed by atoms with van der Waals surface area (Å²) in [6, 6.07) is 5.18. The van der Waals surface area contributed by atoms with E-state index in [1.165, 1.54) is 6.07 Å². The molecule has 2 aromatic rings. The average Bonchev–Trinajstić information content (AvgIpc) is 2.98. The van der Waals surface area contributed by atoms with Crippen molar-refractivity contribution in [1.29, 1.82) is 0 Å². The lowest BCUT2D eigenvalue weighted by molar-refractivity contribution is 0.145. The first-order chi connectivity index (χ1) is 13.0. The largest absolute Gasteiger partial charge is 0.382 e. The molecule has 148 valence electrons. The van der Waals surface area contributed by atoms with Gasteiger partial charge in [0, 0.05) is 26.8 Å². The van der Waals surface area contributed by atoms with Crippen LogP contribution in [0.4, 0.5) is 4.39 Å². The molecule has 2 N–H and O–H groups in total. The zero-order valence-corrected chi connectivity index (χ0v) is 16.5. The van der Waals surface area contributed by atoms with Crippen molar-refractivity contribution in [3.05, 3.63) is 46.8 Å². The second-order valence-corrected chi connectivity index (χ2v) is 6.30. The Labute approximate surface area is 160 Å². The van der Waals surface area contributed by atoms with Crippen molar-refractivity contribution in [3.63, 3.8) is 0 Å². The molecule has 2 rings (SSSR count). The first kappa shape index (κ1) is 20.8. The van der Waals surface area contributed by atoms with Gasteiger partial charge in [0.05, 0.1) is 13.1 Å². The lowest BCUT2D eigenvalue weighted by Gasteiger charge is -2.13. The van der Waals surface area contributed by atoms with Crippen LogP contribution < -0.4 is 10.6 Å². The number of ether oxygens (including phenoxy) is 1. The molecule has 0 fully saturated rings. The Morgan fingerprint density at radius 3 is 2.74 bits per heavy atom. The van der Waals surface area contributed by atoms with Gasteiger partial charge in [-0.15, -0.1) is 10.2 Å². The summed E-state index contributed by atoms with van der Waals surface area (Å²) >= 11 is 0. The molecule has 0 amide bonds. The molecule has 0 aliphatic rings. The predicted octanol–water partition coefficient (Wildman–Crippen LogP) is 2.23. The van der Waals surface area contributed by atoms with Gasteiger partial charge in [0.25, 0.3) is 0 Å². The Bertz CT molecular complexity index is 759. The summed E-state index contributed by atoms with van der Waals surface area (Å²) in [7, 11) is 1.92. The van der Waals surface area contributed by atoms with Gasteiger partial charge in [-0.2, -0.15) is 0 Å². The number of nitrogens with one attached hydrogen (secondary N) is 2. The van der Waals surface area contributed by atoms with E-state index in [0.717, 1.165) is 30.2 Å². The van der Waals surface area contributed by atoms with Crippen molar-refractivity contribution in [2.45, 2.75) is 40.3 Å². The highest BCUT2D eigenvalue weighted by Gasteiger charge is 2.06. The zero-order valence-electron chi connectivity index (χ0n) is 16.5. The molecule has 0 aliphatic heterocycles. The van der Waals surface area contributed by atoms with Crippen molar-refractivity contribution in [2.75, 3.05) is 19.8 Å². The van der Waals surface area contributed by atoms with Gasteiger partial charge in [0.15, 0.2) is 11.8 Å². The van der Waals surface area contributed by atoms with E-state index in [1.807, 2.05) is 31.5 Å². The molecule has 1 aromatic heterocycles. The summed E-state index contributed by atoms with van der Waals surface area (Å²) in [6.45, 7) is 8.65. The first-order valence-corrected chi connectivity index (χ1v) is 9.21. The van der Waals surface area contributed by atoms with Gasteiger partial charge < -0.3 is 19.9 Å². The highest BCUT2D eigenvalue weighted by molar-refractivity contribution is 5.79. The SMILES string of the molecule is CCOCCCNC(=NCc1ccc(C)c(F)c1)NCc1nnc(C)n1C. The fraction of sp³-hybridized carbons (Fsp3) is 0.526. The summed E-state index contributed by atoms with van der Waals surface area (Å²) in [5.74, 6) is 2.10. The molecule has 27 heavy (non-hydrogen) atoms. The number of aliphatic imine (C=N–C) groups is 1. The molecule has 1 heterocycles.